The summed E-state index contributed by atoms with van der Waals surface area (Å²) in [6, 6.07) is 13.3. The van der Waals surface area contributed by atoms with Crippen LogP contribution in [-0.2, 0) is 11.2 Å². The Kier molecular flexibility index (Phi) is 4.92. The largest absolute Gasteiger partial charge is 0.380 e. The van der Waals surface area contributed by atoms with Gasteiger partial charge >= 0.3 is 0 Å². The molecule has 1 spiro atoms. The van der Waals surface area contributed by atoms with Crippen molar-refractivity contribution in [3.8, 4) is 12.3 Å². The Hall–Kier alpha value is -3.26. The first-order chi connectivity index (χ1) is 18.9. The highest BCUT2D eigenvalue weighted by Gasteiger charge is 2.77. The van der Waals surface area contributed by atoms with Crippen molar-refractivity contribution in [2.45, 2.75) is 82.3 Å². The van der Waals surface area contributed by atoms with Crippen LogP contribution in [0.2, 0.25) is 0 Å². The summed E-state index contributed by atoms with van der Waals surface area (Å²) in [5.74, 6) is 4.78. The van der Waals surface area contributed by atoms with E-state index in [0.717, 1.165) is 64.7 Å². The first-order valence-corrected chi connectivity index (χ1v) is 14.9. The fourth-order valence-electron chi connectivity index (χ4n) is 10.0. The Balaban J connectivity index is 1.16. The van der Waals surface area contributed by atoms with Crippen LogP contribution in [-0.4, -0.2) is 27.4 Å². The van der Waals surface area contributed by atoms with Gasteiger partial charge in [0.05, 0.1) is 6.04 Å². The van der Waals surface area contributed by atoms with Crippen molar-refractivity contribution in [2.75, 3.05) is 5.32 Å². The van der Waals surface area contributed by atoms with Gasteiger partial charge in [-0.05, 0) is 115 Å². The molecule has 1 amide bonds. The lowest BCUT2D eigenvalue weighted by Crippen LogP contribution is -2.59. The van der Waals surface area contributed by atoms with Gasteiger partial charge in [-0.1, -0.05) is 31.9 Å². The molecule has 2 N–H and O–H groups in total. The Morgan fingerprint density at radius 2 is 1.92 bits per heavy atom. The Morgan fingerprint density at radius 1 is 1.15 bits per heavy atom. The standard InChI is InChI=1S/C34H36FN3O/c1-3-5-6-26-16-28-27-15-24(35)9-12-29(27)36-31(28)32(38(26)30(39)4-2)20-7-10-25(11-8-20)37-33-17-22-13-21-14-23(18-33)34(21,22)19-33/h2,7-12,15,21-23,26,32,36-37H,3,5-6,13-14,16-19H2,1H3/t21?,22?,23?,26?,32-,33?,34?/m0/s1. The minimum absolute atomic E-state index is 0.0277. The third-order valence-corrected chi connectivity index (χ3v) is 11.5. The van der Waals surface area contributed by atoms with E-state index in [1.807, 2.05) is 4.90 Å². The molecule has 3 aromatic rings. The minimum atomic E-state index is -0.328. The molecule has 2 heterocycles. The van der Waals surface area contributed by atoms with Gasteiger partial charge < -0.3 is 15.2 Å². The molecule has 200 valence electrons. The van der Waals surface area contributed by atoms with Crippen LogP contribution in [0, 0.1) is 41.3 Å². The number of aromatic amines is 1. The number of unbranched alkanes of at least 4 members (excludes halogenated alkanes) is 1. The summed E-state index contributed by atoms with van der Waals surface area (Å²) in [6.45, 7) is 2.16. The van der Waals surface area contributed by atoms with Crippen molar-refractivity contribution in [3.63, 3.8) is 0 Å². The average Bonchev–Trinajstić information content (AvgIpc) is 3.54. The second kappa shape index (κ2) is 8.13. The predicted molar refractivity (Wildman–Crippen MR) is 152 cm³/mol. The van der Waals surface area contributed by atoms with Crippen molar-refractivity contribution < 1.29 is 9.18 Å². The molecule has 4 nitrogen and oxygen atoms in total. The fraction of sp³-hybridized carbons (Fsp3) is 0.500. The molecular formula is C34H36FN3O. The Labute approximate surface area is 229 Å². The van der Waals surface area contributed by atoms with Gasteiger partial charge in [-0.3, -0.25) is 4.79 Å². The monoisotopic (exact) mass is 521 g/mol. The Morgan fingerprint density at radius 3 is 2.59 bits per heavy atom. The molecule has 3 unspecified atom stereocenters. The van der Waals surface area contributed by atoms with Crippen LogP contribution in [0.3, 0.4) is 0 Å². The summed E-state index contributed by atoms with van der Waals surface area (Å²) in [5.41, 5.74) is 6.11. The van der Waals surface area contributed by atoms with Gasteiger partial charge in [-0.25, -0.2) is 4.39 Å². The molecule has 2 bridgehead atoms. The van der Waals surface area contributed by atoms with E-state index < -0.39 is 0 Å². The van der Waals surface area contributed by atoms with Gasteiger partial charge in [-0.2, -0.15) is 0 Å². The lowest BCUT2D eigenvalue weighted by atomic mass is 9.38. The van der Waals surface area contributed by atoms with Gasteiger partial charge in [-0.15, -0.1) is 6.42 Å². The second-order valence-corrected chi connectivity index (χ2v) is 13.3. The molecule has 5 heteroatoms. The maximum absolute atomic E-state index is 14.3. The number of terminal acetylenes is 1. The van der Waals surface area contributed by atoms with Crippen LogP contribution >= 0.6 is 0 Å². The van der Waals surface area contributed by atoms with Crippen LogP contribution < -0.4 is 5.32 Å². The lowest BCUT2D eigenvalue weighted by molar-refractivity contribution is -0.175. The van der Waals surface area contributed by atoms with Gasteiger partial charge in [0.25, 0.3) is 5.91 Å². The van der Waals surface area contributed by atoms with Crippen molar-refractivity contribution in [1.29, 1.82) is 0 Å². The maximum Gasteiger partial charge on any atom is 0.299 e. The zero-order valence-electron chi connectivity index (χ0n) is 22.6. The van der Waals surface area contributed by atoms with E-state index in [1.165, 1.54) is 43.9 Å². The molecule has 1 aliphatic heterocycles. The molecule has 2 aromatic carbocycles. The number of hydrogen-bond donors (Lipinski definition) is 2. The number of amides is 1. The van der Waals surface area contributed by atoms with Crippen LogP contribution in [0.25, 0.3) is 10.9 Å². The zero-order valence-corrected chi connectivity index (χ0v) is 22.6. The fourth-order valence-corrected chi connectivity index (χ4v) is 10.0. The predicted octanol–water partition coefficient (Wildman–Crippen LogP) is 6.96. The number of hydrogen-bond acceptors (Lipinski definition) is 2. The SMILES string of the molecule is C#CC(=O)N1C(CCCC)Cc2c([nH]c3ccc(F)cc23)[C@@H]1c1ccc(NC23CC4CC5CC(C2)C54C3)cc1. The molecule has 8 rings (SSSR count). The zero-order chi connectivity index (χ0) is 26.5. The van der Waals surface area contributed by atoms with Crippen LogP contribution in [0.1, 0.15) is 81.2 Å². The van der Waals surface area contributed by atoms with Gasteiger partial charge in [0.1, 0.15) is 5.82 Å². The summed E-state index contributed by atoms with van der Waals surface area (Å²) in [7, 11) is 0. The van der Waals surface area contributed by atoms with Crippen molar-refractivity contribution in [3.05, 3.63) is 65.1 Å². The number of rotatable bonds is 6. The molecule has 5 aliphatic rings. The Bertz CT molecular complexity index is 1510. The first-order valence-electron chi connectivity index (χ1n) is 14.9. The van der Waals surface area contributed by atoms with Crippen LogP contribution in [0.5, 0.6) is 0 Å². The lowest BCUT2D eigenvalue weighted by Gasteiger charge is -2.66. The number of nitrogens with one attached hydrogen (secondary N) is 2. The highest BCUT2D eigenvalue weighted by Crippen LogP contribution is 2.82. The van der Waals surface area contributed by atoms with E-state index in [1.54, 1.807) is 12.1 Å². The van der Waals surface area contributed by atoms with Gasteiger partial charge in [0, 0.05) is 33.9 Å². The number of benzene rings is 2. The molecule has 4 fully saturated rings. The number of nitrogens with zero attached hydrogens (tertiary/aromatic N) is 1. The first kappa shape index (κ1) is 23.6. The smallest absolute Gasteiger partial charge is 0.299 e. The molecule has 1 aromatic heterocycles. The topological polar surface area (TPSA) is 48.1 Å². The van der Waals surface area contributed by atoms with E-state index in [9.17, 15) is 9.18 Å². The van der Waals surface area contributed by atoms with E-state index in [4.69, 9.17) is 6.42 Å². The molecule has 4 saturated carbocycles. The van der Waals surface area contributed by atoms with Crippen molar-refractivity contribution >= 4 is 22.5 Å². The molecule has 39 heavy (non-hydrogen) atoms. The number of H-pyrrole nitrogens is 1. The van der Waals surface area contributed by atoms with E-state index >= 15 is 0 Å². The van der Waals surface area contributed by atoms with E-state index in [2.05, 4.69) is 47.4 Å². The molecule has 4 aliphatic carbocycles. The number of anilines is 1. The number of halogens is 1. The molecule has 0 radical (unpaired) electrons. The summed E-state index contributed by atoms with van der Waals surface area (Å²) in [5, 5.41) is 4.90. The normalized spacial score (nSPS) is 35.1. The third kappa shape index (κ3) is 3.15. The minimum Gasteiger partial charge on any atom is -0.380 e. The van der Waals surface area contributed by atoms with Gasteiger partial charge in [0.2, 0.25) is 0 Å². The summed E-state index contributed by atoms with van der Waals surface area (Å²) >= 11 is 0. The second-order valence-electron chi connectivity index (χ2n) is 13.3. The van der Waals surface area contributed by atoms with Crippen LogP contribution in [0.15, 0.2) is 42.5 Å². The van der Waals surface area contributed by atoms with Crippen molar-refractivity contribution in [2.24, 2.45) is 23.2 Å². The summed E-state index contributed by atoms with van der Waals surface area (Å²) in [4.78, 5) is 18.8. The van der Waals surface area contributed by atoms with E-state index in [-0.39, 0.29) is 29.3 Å². The molecule has 0 saturated heterocycles. The van der Waals surface area contributed by atoms with Crippen molar-refractivity contribution in [1.82, 2.24) is 9.88 Å². The number of fused-ring (bicyclic) bond motifs is 4. The molecular weight excluding hydrogens is 485 g/mol. The van der Waals surface area contributed by atoms with Crippen LogP contribution in [0.4, 0.5) is 10.1 Å². The third-order valence-electron chi connectivity index (χ3n) is 11.5. The number of aromatic nitrogens is 1. The quantitative estimate of drug-likeness (QED) is 0.344. The number of carbonyl (C=O) groups excluding carboxylic acids is 1. The molecule has 4 atom stereocenters. The average molecular weight is 522 g/mol. The summed E-state index contributed by atoms with van der Waals surface area (Å²) in [6.07, 6.45) is 16.2. The van der Waals surface area contributed by atoms with Gasteiger partial charge in [0.15, 0.2) is 0 Å². The number of carbonyl (C=O) groups is 1. The maximum atomic E-state index is 14.3. The highest BCUT2D eigenvalue weighted by atomic mass is 19.1. The highest BCUT2D eigenvalue weighted by molar-refractivity contribution is 5.95. The summed E-state index contributed by atoms with van der Waals surface area (Å²) < 4.78 is 14.3. The van der Waals surface area contributed by atoms with E-state index in [0.29, 0.717) is 11.8 Å².